The molecule has 2 unspecified atom stereocenters. The van der Waals surface area contributed by atoms with Crippen LogP contribution in [-0.2, 0) is 20.9 Å². The van der Waals surface area contributed by atoms with E-state index in [-0.39, 0.29) is 30.9 Å². The highest BCUT2D eigenvalue weighted by atomic mass is 16.5. The molecule has 10 heteroatoms. The van der Waals surface area contributed by atoms with Gasteiger partial charge in [0, 0.05) is 26.1 Å². The number of hydrogen-bond donors (Lipinski definition) is 2. The smallest absolute Gasteiger partial charge is 0.330 e. The minimum absolute atomic E-state index is 0.0148. The Morgan fingerprint density at radius 3 is 2.63 bits per heavy atom. The molecule has 0 aromatic heterocycles. The topological polar surface area (TPSA) is 124 Å². The summed E-state index contributed by atoms with van der Waals surface area (Å²) >= 11 is 0. The Balaban J connectivity index is 1.83. The summed E-state index contributed by atoms with van der Waals surface area (Å²) in [5, 5.41) is 11.5. The molecule has 10 nitrogen and oxygen atoms in total. The number of amides is 3. The number of nitrogens with zero attached hydrogens (tertiary/aromatic N) is 4. The number of carbonyl (C=O) groups is 3. The average molecular weight is 480 g/mol. The van der Waals surface area contributed by atoms with Crippen LogP contribution in [0.25, 0.3) is 0 Å². The molecular formula is C25H29N5O5. The van der Waals surface area contributed by atoms with Crippen molar-refractivity contribution in [2.24, 2.45) is 15.9 Å². The van der Waals surface area contributed by atoms with Crippen molar-refractivity contribution in [2.75, 3.05) is 20.7 Å². The van der Waals surface area contributed by atoms with E-state index in [1.807, 2.05) is 55.5 Å². The van der Waals surface area contributed by atoms with E-state index in [4.69, 9.17) is 9.84 Å². The molecule has 3 amide bonds. The van der Waals surface area contributed by atoms with Gasteiger partial charge in [0.05, 0.1) is 25.3 Å². The molecule has 1 aromatic rings. The van der Waals surface area contributed by atoms with Crippen molar-refractivity contribution in [3.8, 4) is 0 Å². The number of ether oxygens (including phenoxy) is 1. The Bertz CT molecular complexity index is 1100. The molecule has 0 saturated carbocycles. The summed E-state index contributed by atoms with van der Waals surface area (Å²) in [5.74, 6) is -0.355. The van der Waals surface area contributed by atoms with Crippen LogP contribution in [0.5, 0.6) is 0 Å². The van der Waals surface area contributed by atoms with Crippen LogP contribution in [0.1, 0.15) is 17.5 Å². The van der Waals surface area contributed by atoms with Crippen LogP contribution in [0, 0.1) is 12.8 Å². The lowest BCUT2D eigenvalue weighted by atomic mass is 9.92. The van der Waals surface area contributed by atoms with E-state index in [9.17, 15) is 14.4 Å². The molecule has 3 rings (SSSR count). The number of aliphatic imine (C=N–C) groups is 2. The zero-order chi connectivity index (χ0) is 25.4. The molecule has 0 spiro atoms. The second-order valence-corrected chi connectivity index (χ2v) is 8.20. The van der Waals surface area contributed by atoms with Crippen molar-refractivity contribution in [3.63, 3.8) is 0 Å². The molecule has 1 aromatic carbocycles. The van der Waals surface area contributed by atoms with Gasteiger partial charge in [-0.25, -0.2) is 14.8 Å². The first-order valence-corrected chi connectivity index (χ1v) is 11.1. The highest BCUT2D eigenvalue weighted by molar-refractivity contribution is 6.00. The number of guanidine groups is 1. The van der Waals surface area contributed by atoms with Gasteiger partial charge >= 0.3 is 12.0 Å². The summed E-state index contributed by atoms with van der Waals surface area (Å²) in [4.78, 5) is 46.7. The van der Waals surface area contributed by atoms with Crippen molar-refractivity contribution in [1.29, 1.82) is 0 Å². The quantitative estimate of drug-likeness (QED) is 0.352. The normalized spacial score (nSPS) is 18.7. The number of allylic oxidation sites excluding steroid dienone is 1. The number of fused-ring (bicyclic) bond motifs is 1. The Morgan fingerprint density at radius 2 is 1.97 bits per heavy atom. The van der Waals surface area contributed by atoms with Crippen LogP contribution in [0.15, 0.2) is 70.3 Å². The third-order valence-corrected chi connectivity index (χ3v) is 5.48. The van der Waals surface area contributed by atoms with Crippen molar-refractivity contribution in [3.05, 3.63) is 71.5 Å². The van der Waals surface area contributed by atoms with Gasteiger partial charge in [0.2, 0.25) is 18.3 Å². The van der Waals surface area contributed by atoms with E-state index in [2.05, 4.69) is 15.3 Å². The Labute approximate surface area is 204 Å². The number of dihydropyridines is 1. The van der Waals surface area contributed by atoms with Crippen LogP contribution in [0.3, 0.4) is 0 Å². The van der Waals surface area contributed by atoms with Crippen LogP contribution in [0.2, 0.25) is 0 Å². The Kier molecular flexibility index (Phi) is 8.55. The molecule has 1 aliphatic carbocycles. The van der Waals surface area contributed by atoms with Crippen molar-refractivity contribution in [1.82, 2.24) is 15.1 Å². The number of aryl methyl sites for hydroxylation is 1. The number of benzene rings is 1. The third kappa shape index (κ3) is 7.13. The highest BCUT2D eigenvalue weighted by Crippen LogP contribution is 2.25. The first-order chi connectivity index (χ1) is 16.8. The maximum Gasteiger partial charge on any atom is 0.330 e. The minimum atomic E-state index is -1.11. The van der Waals surface area contributed by atoms with Crippen LogP contribution in [-0.4, -0.2) is 71.9 Å². The largest absolute Gasteiger partial charge is 0.481 e. The van der Waals surface area contributed by atoms with Crippen molar-refractivity contribution < 1.29 is 24.2 Å². The third-order valence-electron chi connectivity index (χ3n) is 5.48. The standard InChI is InChI=1S/C25H29N5O5/c1-17-4-6-18(7-5-17)15-29(2)24(28-25(34)30(16-31)13-12-23(32)33)26-20-9-10-21-19(14-20)8-11-22(27-21)35-3/h4-11,14,16,19,21H,12-13,15H2,1-3H3,(H,32,33)(H,26,28,34). The molecule has 1 heterocycles. The highest BCUT2D eigenvalue weighted by Gasteiger charge is 2.23. The maximum atomic E-state index is 12.7. The molecule has 2 aliphatic rings. The molecule has 2 atom stereocenters. The maximum absolute atomic E-state index is 12.7. The Morgan fingerprint density at radius 1 is 1.23 bits per heavy atom. The molecule has 0 radical (unpaired) electrons. The van der Waals surface area contributed by atoms with E-state index in [1.165, 1.54) is 0 Å². The first-order valence-electron chi connectivity index (χ1n) is 11.1. The van der Waals surface area contributed by atoms with E-state index in [0.717, 1.165) is 16.0 Å². The predicted octanol–water partition coefficient (Wildman–Crippen LogP) is 2.48. The molecule has 1 aliphatic heterocycles. The Hall–Kier alpha value is -4.21. The van der Waals surface area contributed by atoms with E-state index in [0.29, 0.717) is 24.5 Å². The van der Waals surface area contributed by atoms with Crippen LogP contribution in [0.4, 0.5) is 4.79 Å². The molecule has 2 N–H and O–H groups in total. The number of aliphatic carboxylic acids is 1. The summed E-state index contributed by atoms with van der Waals surface area (Å²) in [7, 11) is 3.34. The van der Waals surface area contributed by atoms with Gasteiger partial charge in [-0.15, -0.1) is 0 Å². The second kappa shape index (κ2) is 11.8. The summed E-state index contributed by atoms with van der Waals surface area (Å²) in [6, 6.07) is 7.10. The van der Waals surface area contributed by atoms with Gasteiger partial charge in [-0.05, 0) is 30.7 Å². The number of rotatable bonds is 7. The zero-order valence-electron chi connectivity index (χ0n) is 19.9. The average Bonchev–Trinajstić information content (AvgIpc) is 2.84. The predicted molar refractivity (Wildman–Crippen MR) is 132 cm³/mol. The number of hydrogen-bond acceptors (Lipinski definition) is 6. The van der Waals surface area contributed by atoms with Crippen LogP contribution >= 0.6 is 0 Å². The van der Waals surface area contributed by atoms with Gasteiger partial charge in [-0.1, -0.05) is 42.0 Å². The number of imide groups is 1. The molecule has 0 fully saturated rings. The van der Waals surface area contributed by atoms with Gasteiger partial charge in [0.25, 0.3) is 0 Å². The summed E-state index contributed by atoms with van der Waals surface area (Å²) in [6.07, 6.45) is 9.38. The first kappa shape index (κ1) is 25.4. The van der Waals surface area contributed by atoms with Gasteiger partial charge in [-0.3, -0.25) is 19.8 Å². The summed E-state index contributed by atoms with van der Waals surface area (Å²) in [5.41, 5.74) is 2.75. The van der Waals surface area contributed by atoms with Crippen molar-refractivity contribution >= 4 is 30.3 Å². The monoisotopic (exact) mass is 479 g/mol. The number of urea groups is 1. The minimum Gasteiger partial charge on any atom is -0.481 e. The molecule has 35 heavy (non-hydrogen) atoms. The number of carbonyl (C=O) groups excluding carboxylic acids is 2. The number of nitrogens with one attached hydrogen (secondary N) is 1. The van der Waals surface area contributed by atoms with Gasteiger partial charge < -0.3 is 14.7 Å². The fourth-order valence-corrected chi connectivity index (χ4v) is 3.51. The summed E-state index contributed by atoms with van der Waals surface area (Å²) < 4.78 is 5.20. The molecule has 0 saturated heterocycles. The zero-order valence-corrected chi connectivity index (χ0v) is 19.9. The van der Waals surface area contributed by atoms with Gasteiger partial charge in [0.15, 0.2) is 0 Å². The van der Waals surface area contributed by atoms with Gasteiger partial charge in [-0.2, -0.15) is 0 Å². The molecular weight excluding hydrogens is 450 g/mol. The fourth-order valence-electron chi connectivity index (χ4n) is 3.51. The van der Waals surface area contributed by atoms with E-state index >= 15 is 0 Å². The van der Waals surface area contributed by atoms with E-state index < -0.39 is 12.0 Å². The van der Waals surface area contributed by atoms with Crippen molar-refractivity contribution in [2.45, 2.75) is 25.9 Å². The molecule has 0 bridgehead atoms. The van der Waals surface area contributed by atoms with E-state index in [1.54, 1.807) is 25.1 Å². The fraction of sp³-hybridized carbons (Fsp3) is 0.320. The second-order valence-electron chi connectivity index (χ2n) is 8.20. The number of carboxylic acid groups (broad SMARTS) is 1. The lowest BCUT2D eigenvalue weighted by Gasteiger charge is -2.26. The lowest BCUT2D eigenvalue weighted by Crippen LogP contribution is -2.48. The SMILES string of the molecule is COC1=NC2C=CC(N=C(NC(=O)N(C=O)CCC(=O)O)N(C)Cc3ccc(C)cc3)=CC2C=C1. The lowest BCUT2D eigenvalue weighted by molar-refractivity contribution is -0.137. The van der Waals surface area contributed by atoms with Gasteiger partial charge in [0.1, 0.15) is 0 Å². The molecule has 184 valence electrons. The van der Waals surface area contributed by atoms with Crippen LogP contribution < -0.4 is 5.32 Å². The number of carboxylic acids is 1. The number of methoxy groups -OCH3 is 1. The summed E-state index contributed by atoms with van der Waals surface area (Å²) in [6.45, 7) is 2.19.